The van der Waals surface area contributed by atoms with E-state index in [4.69, 9.17) is 24.9 Å². The fraction of sp³-hybridized carbons (Fsp3) is 0.292. The van der Waals surface area contributed by atoms with Crippen LogP contribution in [0, 0.1) is 6.92 Å². The third-order valence-electron chi connectivity index (χ3n) is 5.36. The van der Waals surface area contributed by atoms with Crippen LogP contribution in [0.5, 0.6) is 5.75 Å². The molecular weight excluding hydrogens is 466 g/mol. The van der Waals surface area contributed by atoms with Gasteiger partial charge in [-0.3, -0.25) is 4.79 Å². The van der Waals surface area contributed by atoms with Crippen LogP contribution in [-0.2, 0) is 21.4 Å². The second-order valence-corrected chi connectivity index (χ2v) is 9.76. The van der Waals surface area contributed by atoms with Crippen LogP contribution in [0.15, 0.2) is 70.2 Å². The summed E-state index contributed by atoms with van der Waals surface area (Å²) >= 11 is 6.12. The quantitative estimate of drug-likeness (QED) is 0.421. The molecule has 2 aromatic carbocycles. The summed E-state index contributed by atoms with van der Waals surface area (Å²) in [4.78, 5) is 14.6. The van der Waals surface area contributed by atoms with Crippen LogP contribution in [-0.4, -0.2) is 38.5 Å². The molecule has 7 nitrogen and oxygen atoms in total. The van der Waals surface area contributed by atoms with Crippen LogP contribution in [0.2, 0.25) is 5.02 Å². The monoisotopic (exact) mass is 489 g/mol. The van der Waals surface area contributed by atoms with E-state index in [1.54, 1.807) is 60.4 Å². The number of hydrogen-bond acceptors (Lipinski definition) is 6. The fourth-order valence-corrected chi connectivity index (χ4v) is 5.54. The van der Waals surface area contributed by atoms with Gasteiger partial charge in [0.25, 0.3) is 5.91 Å². The highest BCUT2D eigenvalue weighted by Crippen LogP contribution is 2.28. The first-order chi connectivity index (χ1) is 15.8. The minimum absolute atomic E-state index is 0.0491. The Morgan fingerprint density at radius 2 is 2.00 bits per heavy atom. The normalized spacial score (nSPS) is 16.0. The van der Waals surface area contributed by atoms with E-state index in [0.717, 1.165) is 12.8 Å². The third-order valence-corrected chi connectivity index (χ3v) is 7.24. The van der Waals surface area contributed by atoms with Gasteiger partial charge in [0, 0.05) is 19.7 Å². The van der Waals surface area contributed by atoms with Crippen LogP contribution in [0.1, 0.15) is 34.5 Å². The number of carbonyl (C=O) groups is 1. The molecule has 1 atom stereocenters. The minimum Gasteiger partial charge on any atom is -0.459 e. The summed E-state index contributed by atoms with van der Waals surface area (Å²) in [6.45, 7) is 2.97. The molecular formula is C24H24ClNO6S. The number of benzene rings is 2. The molecule has 4 rings (SSSR count). The summed E-state index contributed by atoms with van der Waals surface area (Å²) in [7, 11) is -4.14. The second kappa shape index (κ2) is 9.99. The number of aryl methyl sites for hydroxylation is 1. The molecule has 1 aliphatic rings. The Morgan fingerprint density at radius 3 is 2.70 bits per heavy atom. The highest BCUT2D eigenvalue weighted by Gasteiger charge is 2.26. The topological polar surface area (TPSA) is 86.0 Å². The molecule has 1 saturated heterocycles. The van der Waals surface area contributed by atoms with E-state index in [1.165, 1.54) is 12.3 Å². The molecule has 1 aliphatic heterocycles. The Kier molecular flexibility index (Phi) is 7.07. The molecule has 1 unspecified atom stereocenters. The van der Waals surface area contributed by atoms with Crippen molar-refractivity contribution in [3.63, 3.8) is 0 Å². The van der Waals surface area contributed by atoms with E-state index in [2.05, 4.69) is 0 Å². The highest BCUT2D eigenvalue weighted by atomic mass is 35.5. The van der Waals surface area contributed by atoms with Gasteiger partial charge in [0.15, 0.2) is 5.76 Å². The summed E-state index contributed by atoms with van der Waals surface area (Å²) in [5, 5.41) is 0.0953. The highest BCUT2D eigenvalue weighted by molar-refractivity contribution is 7.87. The lowest BCUT2D eigenvalue weighted by Gasteiger charge is -2.25. The van der Waals surface area contributed by atoms with Gasteiger partial charge in [0.1, 0.15) is 10.6 Å². The van der Waals surface area contributed by atoms with Crippen LogP contribution in [0.3, 0.4) is 0 Å². The average Bonchev–Trinajstić information content (AvgIpc) is 3.47. The zero-order chi connectivity index (χ0) is 23.4. The first kappa shape index (κ1) is 23.4. The molecule has 33 heavy (non-hydrogen) atoms. The summed E-state index contributed by atoms with van der Waals surface area (Å²) in [6, 6.07) is 14.7. The Morgan fingerprint density at radius 1 is 1.18 bits per heavy atom. The number of rotatable bonds is 8. The Bertz CT molecular complexity index is 1200. The molecule has 1 aromatic heterocycles. The van der Waals surface area contributed by atoms with Crippen molar-refractivity contribution < 1.29 is 26.5 Å². The number of carbonyl (C=O) groups excluding carboxylic acids is 1. The van der Waals surface area contributed by atoms with Gasteiger partial charge in [-0.05, 0) is 61.2 Å². The first-order valence-electron chi connectivity index (χ1n) is 10.6. The first-order valence-corrected chi connectivity index (χ1v) is 12.3. The number of furan rings is 1. The predicted molar refractivity (Wildman–Crippen MR) is 123 cm³/mol. The zero-order valence-electron chi connectivity index (χ0n) is 18.1. The maximum atomic E-state index is 13.0. The predicted octanol–water partition coefficient (Wildman–Crippen LogP) is 4.83. The fourth-order valence-electron chi connectivity index (χ4n) is 3.83. The number of nitrogens with zero attached hydrogens (tertiary/aromatic N) is 1. The van der Waals surface area contributed by atoms with Gasteiger partial charge in [0.2, 0.25) is 0 Å². The van der Waals surface area contributed by atoms with E-state index in [-0.39, 0.29) is 40.0 Å². The van der Waals surface area contributed by atoms with E-state index >= 15 is 0 Å². The van der Waals surface area contributed by atoms with Crippen molar-refractivity contribution >= 4 is 27.6 Å². The van der Waals surface area contributed by atoms with Crippen molar-refractivity contribution in [3.05, 3.63) is 82.8 Å². The molecule has 0 bridgehead atoms. The average molecular weight is 490 g/mol. The molecule has 174 valence electrons. The summed E-state index contributed by atoms with van der Waals surface area (Å²) < 4.78 is 42.1. The SMILES string of the molecule is Cc1cccc(Cl)c1S(=O)(=O)Oc1cccc(CN(CC2CCCO2)C(=O)c2ccco2)c1. The molecule has 1 amide bonds. The van der Waals surface area contributed by atoms with Crippen LogP contribution >= 0.6 is 11.6 Å². The number of amides is 1. The van der Waals surface area contributed by atoms with Gasteiger partial charge in [-0.1, -0.05) is 35.9 Å². The van der Waals surface area contributed by atoms with Gasteiger partial charge < -0.3 is 18.2 Å². The maximum absolute atomic E-state index is 13.0. The lowest BCUT2D eigenvalue weighted by Crippen LogP contribution is -2.36. The summed E-state index contributed by atoms with van der Waals surface area (Å²) in [6.07, 6.45) is 3.23. The maximum Gasteiger partial charge on any atom is 0.340 e. The molecule has 0 aliphatic carbocycles. The van der Waals surface area contributed by atoms with Crippen molar-refractivity contribution in [1.82, 2.24) is 4.90 Å². The smallest absolute Gasteiger partial charge is 0.340 e. The minimum atomic E-state index is -4.14. The van der Waals surface area contributed by atoms with Crippen LogP contribution < -0.4 is 4.18 Å². The van der Waals surface area contributed by atoms with E-state index in [0.29, 0.717) is 24.3 Å². The molecule has 2 heterocycles. The second-order valence-electron chi connectivity index (χ2n) is 7.87. The van der Waals surface area contributed by atoms with Gasteiger partial charge >= 0.3 is 10.1 Å². The molecule has 1 fully saturated rings. The van der Waals surface area contributed by atoms with Crippen LogP contribution in [0.25, 0.3) is 0 Å². The molecule has 0 saturated carbocycles. The molecule has 0 N–H and O–H groups in total. The van der Waals surface area contributed by atoms with Crippen LogP contribution in [0.4, 0.5) is 0 Å². The molecule has 9 heteroatoms. The largest absolute Gasteiger partial charge is 0.459 e. The van der Waals surface area contributed by atoms with Crippen molar-refractivity contribution in [3.8, 4) is 5.75 Å². The van der Waals surface area contributed by atoms with E-state index < -0.39 is 10.1 Å². The van der Waals surface area contributed by atoms with Gasteiger partial charge in [0.05, 0.1) is 17.4 Å². The number of ether oxygens (including phenoxy) is 1. The Labute approximate surface area is 198 Å². The lowest BCUT2D eigenvalue weighted by atomic mass is 10.1. The van der Waals surface area contributed by atoms with Crippen molar-refractivity contribution in [2.75, 3.05) is 13.2 Å². The van der Waals surface area contributed by atoms with Crippen molar-refractivity contribution in [2.24, 2.45) is 0 Å². The lowest BCUT2D eigenvalue weighted by molar-refractivity contribution is 0.0484. The standard InChI is InChI=1S/C24H24ClNO6S/c1-17-6-2-10-21(25)23(17)33(28,29)32-19-8-3-7-18(14-19)15-26(16-20-9-4-12-30-20)24(27)22-11-5-13-31-22/h2-3,5-8,10-11,13-14,20H,4,9,12,15-16H2,1H3. The zero-order valence-corrected chi connectivity index (χ0v) is 19.6. The number of hydrogen-bond donors (Lipinski definition) is 0. The molecule has 3 aromatic rings. The Balaban J connectivity index is 1.55. The van der Waals surface area contributed by atoms with Gasteiger partial charge in [-0.15, -0.1) is 0 Å². The van der Waals surface area contributed by atoms with Crippen molar-refractivity contribution in [2.45, 2.75) is 37.3 Å². The van der Waals surface area contributed by atoms with E-state index in [9.17, 15) is 13.2 Å². The van der Waals surface area contributed by atoms with E-state index in [1.807, 2.05) is 0 Å². The van der Waals surface area contributed by atoms with Gasteiger partial charge in [-0.25, -0.2) is 0 Å². The number of halogens is 1. The van der Waals surface area contributed by atoms with Gasteiger partial charge in [-0.2, -0.15) is 8.42 Å². The van der Waals surface area contributed by atoms with Crippen molar-refractivity contribution in [1.29, 1.82) is 0 Å². The summed E-state index contributed by atoms with van der Waals surface area (Å²) in [5.41, 5.74) is 1.20. The molecule has 0 radical (unpaired) electrons. The summed E-state index contributed by atoms with van der Waals surface area (Å²) in [5.74, 6) is 0.104. The third kappa shape index (κ3) is 5.58. The molecule has 0 spiro atoms. The Hall–Kier alpha value is -2.81.